The summed E-state index contributed by atoms with van der Waals surface area (Å²) in [5.74, 6) is 0.855. The number of ether oxygens (including phenoxy) is 2. The van der Waals surface area contributed by atoms with Crippen molar-refractivity contribution in [3.63, 3.8) is 0 Å². The highest BCUT2D eigenvalue weighted by atomic mass is 32.1. The minimum atomic E-state index is -0.136. The zero-order chi connectivity index (χ0) is 14.4. The van der Waals surface area contributed by atoms with E-state index in [9.17, 15) is 0 Å². The highest BCUT2D eigenvalue weighted by Gasteiger charge is 2.23. The fourth-order valence-electron chi connectivity index (χ4n) is 1.74. The van der Waals surface area contributed by atoms with Crippen molar-refractivity contribution in [1.29, 1.82) is 0 Å². The molecule has 2 heterocycles. The van der Waals surface area contributed by atoms with Crippen LogP contribution in [0.5, 0.6) is 11.8 Å². The number of hydrogen-bond acceptors (Lipinski definition) is 8. The van der Waals surface area contributed by atoms with Crippen LogP contribution in [0.4, 0.5) is 0 Å². The zero-order valence-electron chi connectivity index (χ0n) is 11.7. The van der Waals surface area contributed by atoms with Crippen LogP contribution in [0.15, 0.2) is 12.4 Å². The van der Waals surface area contributed by atoms with Crippen LogP contribution >= 0.6 is 11.5 Å². The number of methoxy groups -OCH3 is 2. The molecule has 0 aromatic carbocycles. The number of nitrogens with zero attached hydrogens (tertiary/aromatic N) is 4. The first-order valence-corrected chi connectivity index (χ1v) is 7.03. The summed E-state index contributed by atoms with van der Waals surface area (Å²) in [6, 6.07) is -0.136. The molecule has 0 saturated heterocycles. The first-order valence-electron chi connectivity index (χ1n) is 6.25. The van der Waals surface area contributed by atoms with Gasteiger partial charge in [-0.1, -0.05) is 11.4 Å². The van der Waals surface area contributed by atoms with E-state index in [0.717, 1.165) is 17.8 Å². The Hall–Kier alpha value is -1.80. The summed E-state index contributed by atoms with van der Waals surface area (Å²) in [6.45, 7) is 2.95. The van der Waals surface area contributed by atoms with Gasteiger partial charge in [0.05, 0.1) is 37.5 Å². The van der Waals surface area contributed by atoms with Gasteiger partial charge in [-0.25, -0.2) is 4.98 Å². The lowest BCUT2D eigenvalue weighted by Gasteiger charge is -2.17. The lowest BCUT2D eigenvalue weighted by Crippen LogP contribution is -2.24. The van der Waals surface area contributed by atoms with Crippen molar-refractivity contribution in [2.45, 2.75) is 19.4 Å². The Labute approximate surface area is 121 Å². The summed E-state index contributed by atoms with van der Waals surface area (Å²) >= 11 is 1.33. The molecule has 0 bridgehead atoms. The van der Waals surface area contributed by atoms with Crippen molar-refractivity contribution in [3.8, 4) is 11.8 Å². The van der Waals surface area contributed by atoms with Crippen LogP contribution in [0.3, 0.4) is 0 Å². The molecule has 0 amide bonds. The molecular weight excluding hydrogens is 278 g/mol. The normalized spacial score (nSPS) is 12.2. The van der Waals surface area contributed by atoms with E-state index >= 15 is 0 Å². The van der Waals surface area contributed by atoms with E-state index in [1.807, 2.05) is 0 Å². The molecule has 20 heavy (non-hydrogen) atoms. The minimum absolute atomic E-state index is 0.136. The minimum Gasteiger partial charge on any atom is -0.480 e. The van der Waals surface area contributed by atoms with Crippen molar-refractivity contribution in [1.82, 2.24) is 24.9 Å². The van der Waals surface area contributed by atoms with Crippen molar-refractivity contribution in [2.24, 2.45) is 0 Å². The molecule has 2 rings (SSSR count). The van der Waals surface area contributed by atoms with Crippen LogP contribution in [-0.2, 0) is 0 Å². The van der Waals surface area contributed by atoms with E-state index in [-0.39, 0.29) is 6.04 Å². The molecule has 8 heteroatoms. The second kappa shape index (κ2) is 7.11. The van der Waals surface area contributed by atoms with Gasteiger partial charge >= 0.3 is 0 Å². The second-order valence-corrected chi connectivity index (χ2v) is 4.83. The molecule has 1 unspecified atom stereocenters. The Morgan fingerprint density at radius 3 is 2.75 bits per heavy atom. The van der Waals surface area contributed by atoms with Crippen LogP contribution in [0.25, 0.3) is 0 Å². The third-order valence-corrected chi connectivity index (χ3v) is 3.41. The van der Waals surface area contributed by atoms with Crippen LogP contribution in [0.1, 0.15) is 30.0 Å². The molecule has 0 spiro atoms. The predicted molar refractivity (Wildman–Crippen MR) is 75.2 cm³/mol. The van der Waals surface area contributed by atoms with Gasteiger partial charge in [-0.15, -0.1) is 5.10 Å². The van der Waals surface area contributed by atoms with E-state index in [4.69, 9.17) is 9.47 Å². The van der Waals surface area contributed by atoms with E-state index in [1.165, 1.54) is 11.5 Å². The van der Waals surface area contributed by atoms with Gasteiger partial charge in [-0.3, -0.25) is 0 Å². The fraction of sp³-hybridized carbons (Fsp3) is 0.500. The van der Waals surface area contributed by atoms with Gasteiger partial charge in [0, 0.05) is 0 Å². The van der Waals surface area contributed by atoms with Crippen molar-refractivity contribution >= 4 is 11.5 Å². The van der Waals surface area contributed by atoms with Crippen molar-refractivity contribution in [2.75, 3.05) is 20.8 Å². The van der Waals surface area contributed by atoms with Gasteiger partial charge in [-0.05, 0) is 24.5 Å². The Kier molecular flexibility index (Phi) is 5.19. The average Bonchev–Trinajstić information content (AvgIpc) is 3.02. The summed E-state index contributed by atoms with van der Waals surface area (Å²) in [5, 5.41) is 7.29. The standard InChI is InChI=1S/C12H17N5O2S/c1-4-5-13-10(8-6-15-17-20-8)11-12(19-3)16-9(18-2)7-14-11/h6-7,10,13H,4-5H2,1-3H3. The van der Waals surface area contributed by atoms with Crippen LogP contribution in [-0.4, -0.2) is 40.3 Å². The van der Waals surface area contributed by atoms with Gasteiger partial charge in [0.25, 0.3) is 0 Å². The van der Waals surface area contributed by atoms with Crippen molar-refractivity contribution in [3.05, 3.63) is 23.0 Å². The highest BCUT2D eigenvalue weighted by molar-refractivity contribution is 7.05. The maximum atomic E-state index is 5.32. The quantitative estimate of drug-likeness (QED) is 0.827. The monoisotopic (exact) mass is 295 g/mol. The third kappa shape index (κ3) is 3.20. The molecule has 108 valence electrons. The SMILES string of the molecule is CCCNC(c1cnns1)c1ncc(OC)nc1OC. The van der Waals surface area contributed by atoms with Gasteiger partial charge in [0.1, 0.15) is 5.69 Å². The van der Waals surface area contributed by atoms with Crippen LogP contribution < -0.4 is 14.8 Å². The molecule has 0 saturated carbocycles. The molecule has 1 atom stereocenters. The van der Waals surface area contributed by atoms with Gasteiger partial charge < -0.3 is 14.8 Å². The molecule has 0 aliphatic heterocycles. The topological polar surface area (TPSA) is 82.1 Å². The Morgan fingerprint density at radius 2 is 2.15 bits per heavy atom. The van der Waals surface area contributed by atoms with Crippen LogP contribution in [0, 0.1) is 0 Å². The first kappa shape index (κ1) is 14.6. The number of nitrogens with one attached hydrogen (secondary N) is 1. The molecule has 0 aliphatic rings. The Bertz CT molecular complexity index is 535. The number of hydrogen-bond donors (Lipinski definition) is 1. The predicted octanol–water partition coefficient (Wildman–Crippen LogP) is 1.43. The first-order chi connectivity index (χ1) is 9.80. The second-order valence-electron chi connectivity index (χ2n) is 4.01. The maximum Gasteiger partial charge on any atom is 0.240 e. The van der Waals surface area contributed by atoms with E-state index in [1.54, 1.807) is 26.6 Å². The highest BCUT2D eigenvalue weighted by Crippen LogP contribution is 2.29. The summed E-state index contributed by atoms with van der Waals surface area (Å²) in [7, 11) is 3.11. The summed E-state index contributed by atoms with van der Waals surface area (Å²) < 4.78 is 14.3. The Morgan fingerprint density at radius 1 is 1.30 bits per heavy atom. The zero-order valence-corrected chi connectivity index (χ0v) is 12.5. The lowest BCUT2D eigenvalue weighted by atomic mass is 10.1. The molecule has 0 radical (unpaired) electrons. The Balaban J connectivity index is 2.37. The van der Waals surface area contributed by atoms with Gasteiger partial charge in [-0.2, -0.15) is 4.98 Å². The van der Waals surface area contributed by atoms with Crippen LogP contribution in [0.2, 0.25) is 0 Å². The van der Waals surface area contributed by atoms with E-state index < -0.39 is 0 Å². The number of rotatable bonds is 7. The number of aromatic nitrogens is 4. The third-order valence-electron chi connectivity index (χ3n) is 2.68. The smallest absolute Gasteiger partial charge is 0.240 e. The maximum absolute atomic E-state index is 5.32. The molecule has 2 aromatic heterocycles. The molecule has 0 aliphatic carbocycles. The molecule has 0 fully saturated rings. The largest absolute Gasteiger partial charge is 0.480 e. The molecule has 2 aromatic rings. The molecule has 7 nitrogen and oxygen atoms in total. The molecular formula is C12H17N5O2S. The van der Waals surface area contributed by atoms with Crippen molar-refractivity contribution < 1.29 is 9.47 Å². The lowest BCUT2D eigenvalue weighted by molar-refractivity contribution is 0.352. The molecule has 1 N–H and O–H groups in total. The summed E-state index contributed by atoms with van der Waals surface area (Å²) in [5.41, 5.74) is 0.702. The average molecular weight is 295 g/mol. The van der Waals surface area contributed by atoms with E-state index in [0.29, 0.717) is 17.5 Å². The van der Waals surface area contributed by atoms with Gasteiger partial charge in [0.15, 0.2) is 0 Å². The van der Waals surface area contributed by atoms with E-state index in [2.05, 4.69) is 31.8 Å². The van der Waals surface area contributed by atoms with Gasteiger partial charge in [0.2, 0.25) is 11.8 Å². The fourth-order valence-corrected chi connectivity index (χ4v) is 2.32. The summed E-state index contributed by atoms with van der Waals surface area (Å²) in [4.78, 5) is 9.64. The summed E-state index contributed by atoms with van der Waals surface area (Å²) in [6.07, 6.45) is 4.31.